The highest BCUT2D eigenvalue weighted by Crippen LogP contribution is 2.53. The second-order valence-electron chi connectivity index (χ2n) is 15.5. The zero-order valence-corrected chi connectivity index (χ0v) is 30.3. The molecule has 0 amide bonds. The van der Waals surface area contributed by atoms with Gasteiger partial charge in [0.1, 0.15) is 0 Å². The van der Waals surface area contributed by atoms with Gasteiger partial charge in [-0.2, -0.15) is 0 Å². The van der Waals surface area contributed by atoms with Gasteiger partial charge in [-0.25, -0.2) is 0 Å². The molecule has 12 rings (SSSR count). The van der Waals surface area contributed by atoms with E-state index in [2.05, 4.69) is 194 Å². The Morgan fingerprint density at radius 2 is 0.818 bits per heavy atom. The molecule has 0 heteroatoms. The lowest BCUT2D eigenvalue weighted by atomic mass is 9.83. The molecule has 0 radical (unpaired) electrons. The second kappa shape index (κ2) is 11.9. The van der Waals surface area contributed by atoms with Crippen LogP contribution in [0.4, 0.5) is 0 Å². The van der Waals surface area contributed by atoms with Crippen molar-refractivity contribution in [2.24, 2.45) is 0 Å². The summed E-state index contributed by atoms with van der Waals surface area (Å²) in [6, 6.07) is 73.3. The maximum absolute atomic E-state index is 2.50. The van der Waals surface area contributed by atoms with Gasteiger partial charge in [0.25, 0.3) is 0 Å². The van der Waals surface area contributed by atoms with Gasteiger partial charge in [-0.05, 0) is 148 Å². The third-order valence-electron chi connectivity index (χ3n) is 12.7. The van der Waals surface area contributed by atoms with Crippen LogP contribution in [0.25, 0.3) is 66.4 Å². The predicted octanol–water partition coefficient (Wildman–Crippen LogP) is 14.1. The van der Waals surface area contributed by atoms with Crippen LogP contribution in [-0.4, -0.2) is 0 Å². The normalized spacial score (nSPS) is 15.6. The summed E-state index contributed by atoms with van der Waals surface area (Å²) < 4.78 is 0. The van der Waals surface area contributed by atoms with Crippen LogP contribution in [0.2, 0.25) is 0 Å². The third kappa shape index (κ3) is 4.65. The largest absolute Gasteiger partial charge is 0.0622 e. The molecule has 2 atom stereocenters. The molecule has 0 spiro atoms. The Kier molecular flexibility index (Phi) is 6.62. The first-order valence-corrected chi connectivity index (χ1v) is 19.5. The van der Waals surface area contributed by atoms with Crippen molar-refractivity contribution in [2.75, 3.05) is 0 Å². The summed E-state index contributed by atoms with van der Waals surface area (Å²) in [5.41, 5.74) is 24.3. The fraction of sp³-hybridized carbons (Fsp3) is 0.0545. The van der Waals surface area contributed by atoms with Gasteiger partial charge in [0.05, 0.1) is 0 Å². The van der Waals surface area contributed by atoms with E-state index in [-0.39, 0.29) is 11.8 Å². The number of hydrogen-bond donors (Lipinski definition) is 0. The lowest BCUT2D eigenvalue weighted by molar-refractivity contribution is 1.01. The minimum atomic E-state index is 0.113. The molecule has 0 saturated carbocycles. The number of fused-ring (bicyclic) bond motifs is 10. The molecule has 0 fully saturated rings. The third-order valence-corrected chi connectivity index (χ3v) is 12.7. The molecule has 0 bridgehead atoms. The van der Waals surface area contributed by atoms with Gasteiger partial charge in [-0.1, -0.05) is 164 Å². The molecule has 0 nitrogen and oxygen atoms in total. The highest BCUT2D eigenvalue weighted by atomic mass is 14.4. The molecule has 3 aliphatic rings. The molecule has 55 heavy (non-hydrogen) atoms. The van der Waals surface area contributed by atoms with E-state index in [9.17, 15) is 0 Å². The SMILES string of the molecule is c1ccc(C2c3ccccc3-c3ccc(-c4ccc5c(c4)C(c4cc(-c6ccc7c(c6)-c6ccccc6C7)cc6ccccc46)c4ccccc4-5)cc32)cc1. The molecule has 0 saturated heterocycles. The Balaban J connectivity index is 1.02. The van der Waals surface area contributed by atoms with Gasteiger partial charge in [0, 0.05) is 11.8 Å². The average Bonchev–Trinajstić information content (AvgIpc) is 3.90. The second-order valence-corrected chi connectivity index (χ2v) is 15.5. The quantitative estimate of drug-likeness (QED) is 0.172. The van der Waals surface area contributed by atoms with Crippen molar-refractivity contribution >= 4 is 10.8 Å². The predicted molar refractivity (Wildman–Crippen MR) is 229 cm³/mol. The molecule has 9 aromatic carbocycles. The van der Waals surface area contributed by atoms with Crippen LogP contribution < -0.4 is 0 Å². The van der Waals surface area contributed by atoms with Gasteiger partial charge in [-0.15, -0.1) is 0 Å². The smallest absolute Gasteiger partial charge is 0.0358 e. The molecule has 0 heterocycles. The molecule has 0 aromatic heterocycles. The van der Waals surface area contributed by atoms with E-state index in [1.165, 1.54) is 111 Å². The van der Waals surface area contributed by atoms with Crippen LogP contribution in [-0.2, 0) is 6.42 Å². The van der Waals surface area contributed by atoms with Gasteiger partial charge in [0.15, 0.2) is 0 Å². The van der Waals surface area contributed by atoms with E-state index in [1.54, 1.807) is 0 Å². The van der Waals surface area contributed by atoms with Gasteiger partial charge in [0.2, 0.25) is 0 Å². The molecule has 0 N–H and O–H groups in total. The Hall–Kier alpha value is -6.76. The summed E-state index contributed by atoms with van der Waals surface area (Å²) >= 11 is 0. The monoisotopic (exact) mass is 696 g/mol. The molecule has 256 valence electrons. The van der Waals surface area contributed by atoms with Crippen LogP contribution in [0, 0.1) is 0 Å². The van der Waals surface area contributed by atoms with Crippen molar-refractivity contribution in [1.82, 2.24) is 0 Å². The number of hydrogen-bond acceptors (Lipinski definition) is 0. The van der Waals surface area contributed by atoms with Crippen molar-refractivity contribution in [1.29, 1.82) is 0 Å². The zero-order chi connectivity index (χ0) is 36.0. The van der Waals surface area contributed by atoms with Gasteiger partial charge >= 0.3 is 0 Å². The van der Waals surface area contributed by atoms with Crippen molar-refractivity contribution in [3.05, 3.63) is 239 Å². The van der Waals surface area contributed by atoms with E-state index in [0.29, 0.717) is 0 Å². The maximum atomic E-state index is 2.50. The summed E-state index contributed by atoms with van der Waals surface area (Å²) in [4.78, 5) is 0. The van der Waals surface area contributed by atoms with E-state index >= 15 is 0 Å². The van der Waals surface area contributed by atoms with E-state index in [4.69, 9.17) is 0 Å². The van der Waals surface area contributed by atoms with E-state index in [0.717, 1.165) is 6.42 Å². The van der Waals surface area contributed by atoms with Gasteiger partial charge < -0.3 is 0 Å². The number of rotatable bonds is 4. The summed E-state index contributed by atoms with van der Waals surface area (Å²) in [6.07, 6.45) is 1.01. The highest BCUT2D eigenvalue weighted by molar-refractivity contribution is 5.95. The Bertz CT molecular complexity index is 3020. The summed E-state index contributed by atoms with van der Waals surface area (Å²) in [5.74, 6) is 0.336. The molecular weight excluding hydrogens is 661 g/mol. The fourth-order valence-electron chi connectivity index (χ4n) is 10.2. The first kappa shape index (κ1) is 30.7. The first-order valence-electron chi connectivity index (χ1n) is 19.5. The molecule has 3 aliphatic carbocycles. The Morgan fingerprint density at radius 3 is 1.58 bits per heavy atom. The van der Waals surface area contributed by atoms with E-state index < -0.39 is 0 Å². The first-order chi connectivity index (χ1) is 27.3. The highest BCUT2D eigenvalue weighted by Gasteiger charge is 2.33. The molecule has 0 aliphatic heterocycles. The fourth-order valence-corrected chi connectivity index (χ4v) is 10.2. The minimum Gasteiger partial charge on any atom is -0.0622 e. The van der Waals surface area contributed by atoms with Gasteiger partial charge in [-0.3, -0.25) is 0 Å². The average molecular weight is 697 g/mol. The summed E-state index contributed by atoms with van der Waals surface area (Å²) in [7, 11) is 0. The standard InChI is InChI=1S/C55H36/c1-2-12-34(13-3-1)54-48-20-10-8-18-44(48)46-26-24-35(31-52(46)54)36-25-27-47-45-19-9-11-21-49(45)55(53(47)32-36)51-33-41(29-39-15-5-7-17-43(39)51)37-22-23-40-28-38-14-4-6-16-42(38)50(40)30-37/h1-27,29-33,54-55H,28H2. The molecule has 2 unspecified atom stereocenters. The van der Waals surface area contributed by atoms with Crippen LogP contribution >= 0.6 is 0 Å². The zero-order valence-electron chi connectivity index (χ0n) is 30.3. The van der Waals surface area contributed by atoms with Crippen molar-refractivity contribution in [2.45, 2.75) is 18.3 Å². The molecular formula is C55H36. The Morgan fingerprint density at radius 1 is 0.291 bits per heavy atom. The maximum Gasteiger partial charge on any atom is 0.0358 e. The van der Waals surface area contributed by atoms with E-state index in [1.807, 2.05) is 0 Å². The lowest BCUT2D eigenvalue weighted by Gasteiger charge is -2.20. The summed E-state index contributed by atoms with van der Waals surface area (Å²) in [5, 5.41) is 2.60. The van der Waals surface area contributed by atoms with Crippen LogP contribution in [0.3, 0.4) is 0 Å². The topological polar surface area (TPSA) is 0 Å². The van der Waals surface area contributed by atoms with Crippen LogP contribution in [0.15, 0.2) is 194 Å². The van der Waals surface area contributed by atoms with Crippen molar-refractivity contribution < 1.29 is 0 Å². The minimum absolute atomic E-state index is 0.113. The van der Waals surface area contributed by atoms with Crippen molar-refractivity contribution in [3.8, 4) is 55.6 Å². The Labute approximate surface area is 322 Å². The van der Waals surface area contributed by atoms with Crippen LogP contribution in [0.5, 0.6) is 0 Å². The number of benzene rings is 9. The van der Waals surface area contributed by atoms with Crippen molar-refractivity contribution in [3.63, 3.8) is 0 Å². The van der Waals surface area contributed by atoms with Crippen LogP contribution in [0.1, 0.15) is 56.3 Å². The lowest BCUT2D eigenvalue weighted by Crippen LogP contribution is -2.02. The molecule has 9 aromatic rings. The summed E-state index contributed by atoms with van der Waals surface area (Å²) in [6.45, 7) is 0.